The Labute approximate surface area is 115 Å². The van der Waals surface area contributed by atoms with Crippen molar-refractivity contribution >= 4 is 9.84 Å². The lowest BCUT2D eigenvalue weighted by molar-refractivity contribution is 0.0125. The van der Waals surface area contributed by atoms with Crippen LogP contribution in [0.3, 0.4) is 0 Å². The zero-order valence-corrected chi connectivity index (χ0v) is 12.8. The molecule has 0 aliphatic carbocycles. The lowest BCUT2D eigenvalue weighted by Gasteiger charge is -2.24. The van der Waals surface area contributed by atoms with E-state index in [9.17, 15) is 8.42 Å². The zero-order chi connectivity index (χ0) is 14.7. The van der Waals surface area contributed by atoms with Gasteiger partial charge < -0.3 is 10.5 Å². The van der Waals surface area contributed by atoms with E-state index < -0.39 is 9.84 Å². The quantitative estimate of drug-likeness (QED) is 0.870. The van der Waals surface area contributed by atoms with E-state index in [0.717, 1.165) is 18.4 Å². The largest absolute Gasteiger partial charge is 0.379 e. The van der Waals surface area contributed by atoms with E-state index in [4.69, 9.17) is 10.5 Å². The van der Waals surface area contributed by atoms with Crippen molar-refractivity contribution in [2.45, 2.75) is 43.2 Å². The number of methoxy groups -OCH3 is 1. The van der Waals surface area contributed by atoms with Gasteiger partial charge in [-0.1, -0.05) is 12.1 Å². The SMILES string of the molecule is COC(C)(C)CCC(N)c1ccc(S(C)(=O)=O)cc1. The summed E-state index contributed by atoms with van der Waals surface area (Å²) in [5, 5.41) is 0. The topological polar surface area (TPSA) is 69.4 Å². The third-order valence-electron chi connectivity index (χ3n) is 3.35. The van der Waals surface area contributed by atoms with Gasteiger partial charge in [0.15, 0.2) is 9.84 Å². The fourth-order valence-electron chi connectivity index (χ4n) is 1.73. The average molecular weight is 285 g/mol. The Hall–Kier alpha value is -0.910. The lowest BCUT2D eigenvalue weighted by atomic mass is 9.95. The van der Waals surface area contributed by atoms with Gasteiger partial charge in [-0.3, -0.25) is 0 Å². The fraction of sp³-hybridized carbons (Fsp3) is 0.571. The maximum atomic E-state index is 11.4. The van der Waals surface area contributed by atoms with Gasteiger partial charge in [0, 0.05) is 19.4 Å². The number of benzene rings is 1. The Balaban J connectivity index is 2.71. The summed E-state index contributed by atoms with van der Waals surface area (Å²) in [7, 11) is -1.46. The molecule has 0 spiro atoms. The van der Waals surface area contributed by atoms with Crippen molar-refractivity contribution in [1.82, 2.24) is 0 Å². The van der Waals surface area contributed by atoms with Crippen molar-refractivity contribution < 1.29 is 13.2 Å². The first-order valence-electron chi connectivity index (χ1n) is 6.26. The molecule has 0 bridgehead atoms. The van der Waals surface area contributed by atoms with Gasteiger partial charge in [0.25, 0.3) is 0 Å². The minimum Gasteiger partial charge on any atom is -0.379 e. The predicted octanol–water partition coefficient (Wildman–Crippen LogP) is 2.30. The van der Waals surface area contributed by atoms with Gasteiger partial charge in [0.1, 0.15) is 0 Å². The van der Waals surface area contributed by atoms with E-state index in [0.29, 0.717) is 4.90 Å². The Morgan fingerprint density at radius 3 is 2.21 bits per heavy atom. The summed E-state index contributed by atoms with van der Waals surface area (Å²) in [4.78, 5) is 0.320. The van der Waals surface area contributed by atoms with E-state index in [-0.39, 0.29) is 11.6 Å². The molecule has 0 aromatic heterocycles. The van der Waals surface area contributed by atoms with Crippen molar-refractivity contribution in [2.24, 2.45) is 5.73 Å². The molecule has 1 aromatic carbocycles. The van der Waals surface area contributed by atoms with Crippen LogP contribution in [-0.4, -0.2) is 27.4 Å². The van der Waals surface area contributed by atoms with Crippen LogP contribution in [-0.2, 0) is 14.6 Å². The van der Waals surface area contributed by atoms with Crippen molar-refractivity contribution in [3.05, 3.63) is 29.8 Å². The van der Waals surface area contributed by atoms with Crippen LogP contribution in [0.25, 0.3) is 0 Å². The van der Waals surface area contributed by atoms with E-state index in [1.54, 1.807) is 31.4 Å². The molecule has 0 saturated heterocycles. The Morgan fingerprint density at radius 1 is 1.26 bits per heavy atom. The molecule has 0 amide bonds. The molecule has 1 unspecified atom stereocenters. The third kappa shape index (κ3) is 4.93. The summed E-state index contributed by atoms with van der Waals surface area (Å²) in [6.07, 6.45) is 2.83. The van der Waals surface area contributed by atoms with Crippen molar-refractivity contribution in [3.63, 3.8) is 0 Å². The molecule has 4 nitrogen and oxygen atoms in total. The van der Waals surface area contributed by atoms with E-state index >= 15 is 0 Å². The molecule has 108 valence electrons. The summed E-state index contributed by atoms with van der Waals surface area (Å²) < 4.78 is 28.1. The predicted molar refractivity (Wildman–Crippen MR) is 76.8 cm³/mol. The van der Waals surface area contributed by atoms with Crippen LogP contribution < -0.4 is 5.73 Å². The van der Waals surface area contributed by atoms with Gasteiger partial charge in [-0.25, -0.2) is 8.42 Å². The maximum Gasteiger partial charge on any atom is 0.175 e. The van der Waals surface area contributed by atoms with Gasteiger partial charge in [0.2, 0.25) is 0 Å². The highest BCUT2D eigenvalue weighted by Gasteiger charge is 2.18. The molecule has 0 heterocycles. The van der Waals surface area contributed by atoms with Gasteiger partial charge in [-0.2, -0.15) is 0 Å². The molecule has 19 heavy (non-hydrogen) atoms. The second kappa shape index (κ2) is 6.03. The average Bonchev–Trinajstić information content (AvgIpc) is 2.35. The van der Waals surface area contributed by atoms with Crippen LogP contribution in [0.15, 0.2) is 29.2 Å². The molecule has 1 aromatic rings. The van der Waals surface area contributed by atoms with Crippen LogP contribution in [0.1, 0.15) is 38.3 Å². The number of hydrogen-bond donors (Lipinski definition) is 1. The summed E-state index contributed by atoms with van der Waals surface area (Å²) in [6, 6.07) is 6.66. The molecule has 0 saturated carbocycles. The minimum atomic E-state index is -3.15. The van der Waals surface area contributed by atoms with Gasteiger partial charge >= 0.3 is 0 Å². The van der Waals surface area contributed by atoms with Crippen LogP contribution in [0, 0.1) is 0 Å². The smallest absolute Gasteiger partial charge is 0.175 e. The highest BCUT2D eigenvalue weighted by Crippen LogP contribution is 2.23. The Morgan fingerprint density at radius 2 is 1.79 bits per heavy atom. The number of rotatable bonds is 6. The summed E-state index contributed by atoms with van der Waals surface area (Å²) in [5.74, 6) is 0. The fourth-order valence-corrected chi connectivity index (χ4v) is 2.36. The lowest BCUT2D eigenvalue weighted by Crippen LogP contribution is -2.24. The van der Waals surface area contributed by atoms with E-state index in [1.165, 1.54) is 6.26 Å². The first-order chi connectivity index (χ1) is 8.65. The number of ether oxygens (including phenoxy) is 1. The van der Waals surface area contributed by atoms with Crippen LogP contribution >= 0.6 is 0 Å². The Bertz CT molecular complexity index is 506. The molecule has 5 heteroatoms. The highest BCUT2D eigenvalue weighted by molar-refractivity contribution is 7.90. The highest BCUT2D eigenvalue weighted by atomic mass is 32.2. The summed E-state index contributed by atoms with van der Waals surface area (Å²) in [5.41, 5.74) is 6.86. The summed E-state index contributed by atoms with van der Waals surface area (Å²) in [6.45, 7) is 4.04. The van der Waals surface area contributed by atoms with Gasteiger partial charge in [0.05, 0.1) is 10.5 Å². The van der Waals surface area contributed by atoms with Gasteiger partial charge in [-0.05, 0) is 44.4 Å². The molecule has 2 N–H and O–H groups in total. The molecule has 0 radical (unpaired) electrons. The van der Waals surface area contributed by atoms with Crippen molar-refractivity contribution in [3.8, 4) is 0 Å². The molecule has 0 aliphatic rings. The summed E-state index contributed by atoms with van der Waals surface area (Å²) >= 11 is 0. The molecule has 0 fully saturated rings. The second-order valence-electron chi connectivity index (χ2n) is 5.45. The van der Waals surface area contributed by atoms with Crippen LogP contribution in [0.5, 0.6) is 0 Å². The molecule has 0 aliphatic heterocycles. The number of sulfone groups is 1. The molecular weight excluding hydrogens is 262 g/mol. The van der Waals surface area contributed by atoms with Gasteiger partial charge in [-0.15, -0.1) is 0 Å². The van der Waals surface area contributed by atoms with Crippen LogP contribution in [0.2, 0.25) is 0 Å². The first kappa shape index (κ1) is 16.1. The van der Waals surface area contributed by atoms with Crippen molar-refractivity contribution in [2.75, 3.05) is 13.4 Å². The van der Waals surface area contributed by atoms with E-state index in [2.05, 4.69) is 0 Å². The maximum absolute atomic E-state index is 11.4. The van der Waals surface area contributed by atoms with Crippen LogP contribution in [0.4, 0.5) is 0 Å². The molecule has 1 rings (SSSR count). The minimum absolute atomic E-state index is 0.108. The zero-order valence-electron chi connectivity index (χ0n) is 12.0. The number of hydrogen-bond acceptors (Lipinski definition) is 4. The molecule has 1 atom stereocenters. The number of nitrogens with two attached hydrogens (primary N) is 1. The normalized spacial score (nSPS) is 14.4. The standard InChI is InChI=1S/C14H23NO3S/c1-14(2,18-3)10-9-13(15)11-5-7-12(8-6-11)19(4,16)17/h5-8,13H,9-10,15H2,1-4H3. The van der Waals surface area contributed by atoms with E-state index in [1.807, 2.05) is 13.8 Å². The second-order valence-corrected chi connectivity index (χ2v) is 7.47. The molecular formula is C14H23NO3S. The monoisotopic (exact) mass is 285 g/mol. The Kier molecular flexibility index (Phi) is 5.12. The van der Waals surface area contributed by atoms with Crippen molar-refractivity contribution in [1.29, 1.82) is 0 Å². The third-order valence-corrected chi connectivity index (χ3v) is 4.47. The first-order valence-corrected chi connectivity index (χ1v) is 8.15.